The van der Waals surface area contributed by atoms with Gasteiger partial charge in [-0.15, -0.1) is 0 Å². The maximum Gasteiger partial charge on any atom is 0.236 e. The van der Waals surface area contributed by atoms with E-state index in [-0.39, 0.29) is 12.2 Å². The second-order valence-corrected chi connectivity index (χ2v) is 5.75. The third-order valence-electron chi connectivity index (χ3n) is 3.81. The number of ether oxygens (including phenoxy) is 1. The van der Waals surface area contributed by atoms with Gasteiger partial charge in [0.25, 0.3) is 0 Å². The van der Waals surface area contributed by atoms with Crippen molar-refractivity contribution in [3.63, 3.8) is 0 Å². The quantitative estimate of drug-likeness (QED) is 0.748. The van der Waals surface area contributed by atoms with Crippen LogP contribution < -0.4 is 0 Å². The normalized spacial score (nSPS) is 31.1. The highest BCUT2D eigenvalue weighted by atomic mass is 16.5. The molecule has 4 nitrogen and oxygen atoms in total. The van der Waals surface area contributed by atoms with Gasteiger partial charge in [-0.1, -0.05) is 12.8 Å². The van der Waals surface area contributed by atoms with Gasteiger partial charge in [0.2, 0.25) is 5.91 Å². The van der Waals surface area contributed by atoms with Gasteiger partial charge in [-0.3, -0.25) is 9.69 Å². The molecule has 2 aliphatic heterocycles. The Kier molecular flexibility index (Phi) is 5.01. The predicted octanol–water partition coefficient (Wildman–Crippen LogP) is 1.50. The molecule has 0 aliphatic carbocycles. The highest BCUT2D eigenvalue weighted by Crippen LogP contribution is 2.13. The lowest BCUT2D eigenvalue weighted by atomic mass is 10.2. The summed E-state index contributed by atoms with van der Waals surface area (Å²) < 4.78 is 5.70. The summed E-state index contributed by atoms with van der Waals surface area (Å²) in [6.07, 6.45) is 5.37. The lowest BCUT2D eigenvalue weighted by molar-refractivity contribution is -0.135. The maximum absolute atomic E-state index is 12.3. The lowest BCUT2D eigenvalue weighted by Crippen LogP contribution is -2.49. The Morgan fingerprint density at radius 1 is 1.06 bits per heavy atom. The lowest BCUT2D eigenvalue weighted by Gasteiger charge is -2.35. The highest BCUT2D eigenvalue weighted by molar-refractivity contribution is 5.78. The van der Waals surface area contributed by atoms with Gasteiger partial charge >= 0.3 is 0 Å². The molecule has 18 heavy (non-hydrogen) atoms. The fourth-order valence-electron chi connectivity index (χ4n) is 3.02. The minimum absolute atomic E-state index is 0.241. The summed E-state index contributed by atoms with van der Waals surface area (Å²) in [5.41, 5.74) is 0. The Balaban J connectivity index is 1.82. The van der Waals surface area contributed by atoms with Crippen molar-refractivity contribution in [3.05, 3.63) is 0 Å². The van der Waals surface area contributed by atoms with E-state index in [2.05, 4.69) is 23.6 Å². The molecule has 104 valence electrons. The van der Waals surface area contributed by atoms with Crippen molar-refractivity contribution < 1.29 is 9.53 Å². The molecule has 0 radical (unpaired) electrons. The van der Waals surface area contributed by atoms with Gasteiger partial charge in [0.05, 0.1) is 18.8 Å². The number of amides is 1. The van der Waals surface area contributed by atoms with Crippen LogP contribution in [0.3, 0.4) is 0 Å². The van der Waals surface area contributed by atoms with Crippen LogP contribution in [0.1, 0.15) is 39.5 Å². The molecular weight excluding hydrogens is 228 g/mol. The van der Waals surface area contributed by atoms with Gasteiger partial charge in [0.15, 0.2) is 0 Å². The minimum Gasteiger partial charge on any atom is -0.373 e. The molecule has 2 atom stereocenters. The van der Waals surface area contributed by atoms with Crippen LogP contribution in [0.25, 0.3) is 0 Å². The number of carbonyl (C=O) groups is 1. The van der Waals surface area contributed by atoms with E-state index < -0.39 is 0 Å². The Hall–Kier alpha value is -0.610. The molecular formula is C14H26N2O2. The van der Waals surface area contributed by atoms with Crippen LogP contribution in [0.2, 0.25) is 0 Å². The Labute approximate surface area is 110 Å². The van der Waals surface area contributed by atoms with E-state index in [9.17, 15) is 4.79 Å². The van der Waals surface area contributed by atoms with E-state index in [1.165, 1.54) is 25.7 Å². The summed E-state index contributed by atoms with van der Waals surface area (Å²) in [5.74, 6) is 0.304. The third kappa shape index (κ3) is 3.95. The zero-order valence-corrected chi connectivity index (χ0v) is 11.7. The summed E-state index contributed by atoms with van der Waals surface area (Å²) >= 11 is 0. The van der Waals surface area contributed by atoms with Gasteiger partial charge in [-0.25, -0.2) is 0 Å². The Bertz CT molecular complexity index is 265. The van der Waals surface area contributed by atoms with Crippen molar-refractivity contribution in [2.24, 2.45) is 0 Å². The number of morpholine rings is 1. The van der Waals surface area contributed by atoms with E-state index in [4.69, 9.17) is 4.74 Å². The van der Waals surface area contributed by atoms with E-state index in [0.717, 1.165) is 26.2 Å². The first-order valence-electron chi connectivity index (χ1n) is 7.31. The van der Waals surface area contributed by atoms with Crippen LogP contribution in [0.4, 0.5) is 0 Å². The van der Waals surface area contributed by atoms with Gasteiger partial charge in [0, 0.05) is 26.2 Å². The fourth-order valence-corrected chi connectivity index (χ4v) is 3.02. The molecule has 0 saturated carbocycles. The number of hydrogen-bond acceptors (Lipinski definition) is 3. The first-order chi connectivity index (χ1) is 8.65. The Morgan fingerprint density at radius 3 is 2.17 bits per heavy atom. The fraction of sp³-hybridized carbons (Fsp3) is 0.929. The van der Waals surface area contributed by atoms with Crippen LogP contribution in [-0.2, 0) is 9.53 Å². The van der Waals surface area contributed by atoms with Crippen molar-refractivity contribution in [2.75, 3.05) is 32.7 Å². The molecule has 2 heterocycles. The molecule has 0 aromatic rings. The molecule has 2 saturated heterocycles. The molecule has 1 amide bonds. The highest BCUT2D eigenvalue weighted by Gasteiger charge is 2.25. The van der Waals surface area contributed by atoms with E-state index in [1.54, 1.807) is 0 Å². The second-order valence-electron chi connectivity index (χ2n) is 5.75. The first-order valence-corrected chi connectivity index (χ1v) is 7.31. The third-order valence-corrected chi connectivity index (χ3v) is 3.81. The molecule has 2 aliphatic rings. The summed E-state index contributed by atoms with van der Waals surface area (Å²) in [7, 11) is 0. The molecule has 2 rings (SSSR count). The molecule has 0 bridgehead atoms. The van der Waals surface area contributed by atoms with E-state index in [1.807, 2.05) is 0 Å². The standard InChI is InChI=1S/C14H26N2O2/c1-12-9-15(10-13(2)18-12)11-14(17)16-7-5-3-4-6-8-16/h12-13H,3-11H2,1-2H3. The van der Waals surface area contributed by atoms with E-state index >= 15 is 0 Å². The average Bonchev–Trinajstić information content (AvgIpc) is 2.55. The summed E-state index contributed by atoms with van der Waals surface area (Å²) in [6.45, 7) is 8.40. The smallest absolute Gasteiger partial charge is 0.236 e. The number of carbonyl (C=O) groups excluding carboxylic acids is 1. The predicted molar refractivity (Wildman–Crippen MR) is 71.5 cm³/mol. The SMILES string of the molecule is CC1CN(CC(=O)N2CCCCCC2)CC(C)O1. The zero-order chi connectivity index (χ0) is 13.0. The molecule has 4 heteroatoms. The van der Waals surface area contributed by atoms with Gasteiger partial charge in [0.1, 0.15) is 0 Å². The van der Waals surface area contributed by atoms with Crippen LogP contribution in [0, 0.1) is 0 Å². The second kappa shape index (κ2) is 6.53. The maximum atomic E-state index is 12.3. The number of nitrogens with zero attached hydrogens (tertiary/aromatic N) is 2. The Morgan fingerprint density at radius 2 is 1.61 bits per heavy atom. The van der Waals surface area contributed by atoms with Crippen molar-refractivity contribution in [3.8, 4) is 0 Å². The largest absolute Gasteiger partial charge is 0.373 e. The van der Waals surface area contributed by atoms with Crippen LogP contribution in [0.15, 0.2) is 0 Å². The van der Waals surface area contributed by atoms with Gasteiger partial charge < -0.3 is 9.64 Å². The molecule has 0 spiro atoms. The van der Waals surface area contributed by atoms with Crippen LogP contribution in [-0.4, -0.2) is 60.6 Å². The van der Waals surface area contributed by atoms with Gasteiger partial charge in [-0.05, 0) is 26.7 Å². The van der Waals surface area contributed by atoms with Crippen molar-refractivity contribution in [2.45, 2.75) is 51.7 Å². The number of likely N-dealkylation sites (tertiary alicyclic amines) is 1. The molecule has 2 unspecified atom stereocenters. The van der Waals surface area contributed by atoms with Crippen molar-refractivity contribution in [1.82, 2.24) is 9.80 Å². The van der Waals surface area contributed by atoms with Crippen LogP contribution >= 0.6 is 0 Å². The summed E-state index contributed by atoms with van der Waals surface area (Å²) in [5, 5.41) is 0. The summed E-state index contributed by atoms with van der Waals surface area (Å²) in [6, 6.07) is 0. The number of hydrogen-bond donors (Lipinski definition) is 0. The first kappa shape index (κ1) is 13.8. The monoisotopic (exact) mass is 254 g/mol. The van der Waals surface area contributed by atoms with Crippen molar-refractivity contribution in [1.29, 1.82) is 0 Å². The van der Waals surface area contributed by atoms with Gasteiger partial charge in [-0.2, -0.15) is 0 Å². The topological polar surface area (TPSA) is 32.8 Å². The van der Waals surface area contributed by atoms with Crippen molar-refractivity contribution >= 4 is 5.91 Å². The zero-order valence-electron chi connectivity index (χ0n) is 11.7. The molecule has 0 N–H and O–H groups in total. The molecule has 2 fully saturated rings. The average molecular weight is 254 g/mol. The van der Waals surface area contributed by atoms with Crippen LogP contribution in [0.5, 0.6) is 0 Å². The molecule has 0 aromatic heterocycles. The minimum atomic E-state index is 0.241. The number of rotatable bonds is 2. The van der Waals surface area contributed by atoms with E-state index in [0.29, 0.717) is 12.5 Å². The summed E-state index contributed by atoms with van der Waals surface area (Å²) in [4.78, 5) is 16.6. The molecule has 0 aromatic carbocycles.